The van der Waals surface area contributed by atoms with Crippen molar-refractivity contribution in [1.82, 2.24) is 9.38 Å². The third-order valence-corrected chi connectivity index (χ3v) is 1.65. The minimum Gasteiger partial charge on any atom is -0.301 e. The molecule has 3 heteroatoms. The van der Waals surface area contributed by atoms with Gasteiger partial charge >= 0.3 is 0 Å². The van der Waals surface area contributed by atoms with E-state index in [9.17, 15) is 4.39 Å². The molecule has 2 heterocycles. The zero-order valence-electron chi connectivity index (χ0n) is 6.08. The summed E-state index contributed by atoms with van der Waals surface area (Å²) in [7, 11) is 0. The summed E-state index contributed by atoms with van der Waals surface area (Å²) in [5, 5.41) is 0. The first-order chi connectivity index (χ1) is 5.27. The number of imidazole rings is 1. The fourth-order valence-corrected chi connectivity index (χ4v) is 1.08. The number of hydrogen-bond donors (Lipinski definition) is 0. The fourth-order valence-electron chi connectivity index (χ4n) is 1.08. The zero-order valence-corrected chi connectivity index (χ0v) is 6.08. The third-order valence-electron chi connectivity index (χ3n) is 1.65. The Hall–Kier alpha value is -1.38. The van der Waals surface area contributed by atoms with Gasteiger partial charge in [0, 0.05) is 18.1 Å². The molecule has 2 rings (SSSR count). The number of aromatic nitrogens is 2. The molecule has 0 spiro atoms. The van der Waals surface area contributed by atoms with Gasteiger partial charge in [0.05, 0.1) is 0 Å². The topological polar surface area (TPSA) is 17.3 Å². The molecule has 0 atom stereocenters. The number of pyridine rings is 1. The summed E-state index contributed by atoms with van der Waals surface area (Å²) in [5.41, 5.74) is 1.73. The highest BCUT2D eigenvalue weighted by Crippen LogP contribution is 2.06. The second-order valence-electron chi connectivity index (χ2n) is 2.48. The lowest BCUT2D eigenvalue weighted by molar-refractivity contribution is 0.618. The van der Waals surface area contributed by atoms with Crippen molar-refractivity contribution in [1.29, 1.82) is 0 Å². The van der Waals surface area contributed by atoms with Gasteiger partial charge in [0.1, 0.15) is 11.5 Å². The first kappa shape index (κ1) is 6.34. The lowest BCUT2D eigenvalue weighted by Crippen LogP contribution is -1.87. The summed E-state index contributed by atoms with van der Waals surface area (Å²) in [4.78, 5) is 4.06. The Morgan fingerprint density at radius 1 is 1.45 bits per heavy atom. The molecule has 0 aliphatic heterocycles. The first-order valence-electron chi connectivity index (χ1n) is 3.36. The highest BCUT2D eigenvalue weighted by Gasteiger charge is 1.97. The minimum atomic E-state index is -0.237. The van der Waals surface area contributed by atoms with Crippen LogP contribution in [0.25, 0.3) is 5.65 Å². The Bertz CT molecular complexity index is 392. The molecule has 0 aliphatic rings. The van der Waals surface area contributed by atoms with E-state index in [1.54, 1.807) is 16.7 Å². The van der Waals surface area contributed by atoms with E-state index in [1.807, 2.05) is 6.92 Å². The zero-order chi connectivity index (χ0) is 7.84. The van der Waals surface area contributed by atoms with E-state index in [2.05, 4.69) is 4.98 Å². The quantitative estimate of drug-likeness (QED) is 0.559. The molecule has 0 aliphatic carbocycles. The molecule has 0 fully saturated rings. The molecule has 11 heavy (non-hydrogen) atoms. The summed E-state index contributed by atoms with van der Waals surface area (Å²) in [6, 6.07) is 3.06. The van der Waals surface area contributed by atoms with Crippen molar-refractivity contribution in [3.05, 3.63) is 36.0 Å². The second kappa shape index (κ2) is 2.05. The Labute approximate surface area is 63.3 Å². The van der Waals surface area contributed by atoms with E-state index in [0.29, 0.717) is 0 Å². The first-order valence-corrected chi connectivity index (χ1v) is 3.36. The van der Waals surface area contributed by atoms with Crippen molar-refractivity contribution in [2.45, 2.75) is 6.92 Å². The van der Waals surface area contributed by atoms with E-state index in [0.717, 1.165) is 11.3 Å². The molecule has 0 radical (unpaired) electrons. The van der Waals surface area contributed by atoms with Crippen molar-refractivity contribution in [2.75, 3.05) is 0 Å². The van der Waals surface area contributed by atoms with Crippen LogP contribution in [0, 0.1) is 12.7 Å². The summed E-state index contributed by atoms with van der Waals surface area (Å²) >= 11 is 0. The largest absolute Gasteiger partial charge is 0.301 e. The van der Waals surface area contributed by atoms with Gasteiger partial charge in [0.25, 0.3) is 0 Å². The van der Waals surface area contributed by atoms with Crippen LogP contribution < -0.4 is 0 Å². The second-order valence-corrected chi connectivity index (χ2v) is 2.48. The van der Waals surface area contributed by atoms with Crippen molar-refractivity contribution in [2.24, 2.45) is 0 Å². The van der Waals surface area contributed by atoms with Gasteiger partial charge in [0.2, 0.25) is 0 Å². The van der Waals surface area contributed by atoms with Crippen LogP contribution in [0.4, 0.5) is 4.39 Å². The van der Waals surface area contributed by atoms with Gasteiger partial charge in [-0.15, -0.1) is 0 Å². The van der Waals surface area contributed by atoms with E-state index >= 15 is 0 Å². The molecule has 0 saturated heterocycles. The number of hydrogen-bond acceptors (Lipinski definition) is 1. The Morgan fingerprint density at radius 3 is 3.09 bits per heavy atom. The van der Waals surface area contributed by atoms with E-state index < -0.39 is 0 Å². The van der Waals surface area contributed by atoms with E-state index in [4.69, 9.17) is 0 Å². The molecule has 2 aromatic heterocycles. The number of nitrogens with zero attached hydrogens (tertiary/aromatic N) is 2. The van der Waals surface area contributed by atoms with Gasteiger partial charge in [-0.25, -0.2) is 9.37 Å². The normalized spacial score (nSPS) is 10.7. The average Bonchev–Trinajstić information content (AvgIpc) is 2.33. The molecule has 0 bridgehead atoms. The van der Waals surface area contributed by atoms with Gasteiger partial charge in [-0.3, -0.25) is 0 Å². The van der Waals surface area contributed by atoms with Gasteiger partial charge in [0.15, 0.2) is 0 Å². The maximum Gasteiger partial charge on any atom is 0.139 e. The smallest absolute Gasteiger partial charge is 0.139 e. The molecular formula is C8H7FN2. The molecule has 0 N–H and O–H groups in total. The van der Waals surface area contributed by atoms with Crippen molar-refractivity contribution < 1.29 is 4.39 Å². The monoisotopic (exact) mass is 150 g/mol. The van der Waals surface area contributed by atoms with Gasteiger partial charge in [-0.1, -0.05) is 0 Å². The average molecular weight is 150 g/mol. The SMILES string of the molecule is Cc1cnc2ccc(F)cn12. The molecule has 2 nitrogen and oxygen atoms in total. The Kier molecular flexibility index (Phi) is 1.18. The summed E-state index contributed by atoms with van der Waals surface area (Å²) in [6.45, 7) is 1.89. The van der Waals surface area contributed by atoms with Gasteiger partial charge in [-0.2, -0.15) is 0 Å². The molecular weight excluding hydrogens is 143 g/mol. The lowest BCUT2D eigenvalue weighted by Gasteiger charge is -1.94. The highest BCUT2D eigenvalue weighted by molar-refractivity contribution is 5.39. The van der Waals surface area contributed by atoms with Crippen LogP contribution in [-0.2, 0) is 0 Å². The van der Waals surface area contributed by atoms with Crippen LogP contribution in [0.5, 0.6) is 0 Å². The van der Waals surface area contributed by atoms with Crippen LogP contribution in [0.3, 0.4) is 0 Å². The summed E-state index contributed by atoms with van der Waals surface area (Å²) in [6.07, 6.45) is 3.15. The standard InChI is InChI=1S/C8H7FN2/c1-6-4-10-8-3-2-7(9)5-11(6)8/h2-5H,1H3. The number of halogens is 1. The van der Waals surface area contributed by atoms with Crippen molar-refractivity contribution in [3.8, 4) is 0 Å². The van der Waals surface area contributed by atoms with E-state index in [1.165, 1.54) is 12.3 Å². The van der Waals surface area contributed by atoms with E-state index in [-0.39, 0.29) is 5.82 Å². The highest BCUT2D eigenvalue weighted by atomic mass is 19.1. The van der Waals surface area contributed by atoms with Gasteiger partial charge in [-0.05, 0) is 19.1 Å². The van der Waals surface area contributed by atoms with Crippen molar-refractivity contribution >= 4 is 5.65 Å². The van der Waals surface area contributed by atoms with Crippen molar-refractivity contribution in [3.63, 3.8) is 0 Å². The van der Waals surface area contributed by atoms with Crippen LogP contribution in [0.15, 0.2) is 24.5 Å². The number of aryl methyl sites for hydroxylation is 1. The maximum atomic E-state index is 12.6. The molecule has 2 aromatic rings. The van der Waals surface area contributed by atoms with Gasteiger partial charge < -0.3 is 4.40 Å². The Balaban J connectivity index is 2.87. The molecule has 0 saturated carbocycles. The molecule has 0 unspecified atom stereocenters. The fraction of sp³-hybridized carbons (Fsp3) is 0.125. The number of rotatable bonds is 0. The summed E-state index contributed by atoms with van der Waals surface area (Å²) < 4.78 is 14.4. The van der Waals surface area contributed by atoms with Crippen LogP contribution in [0.1, 0.15) is 5.69 Å². The molecule has 56 valence electrons. The maximum absolute atomic E-state index is 12.6. The Morgan fingerprint density at radius 2 is 2.27 bits per heavy atom. The predicted molar refractivity (Wildman–Crippen MR) is 39.9 cm³/mol. The lowest BCUT2D eigenvalue weighted by atomic mass is 10.4. The molecule has 0 aromatic carbocycles. The predicted octanol–water partition coefficient (Wildman–Crippen LogP) is 1.78. The summed E-state index contributed by atoms with van der Waals surface area (Å²) in [5.74, 6) is -0.237. The van der Waals surface area contributed by atoms with Crippen LogP contribution in [0.2, 0.25) is 0 Å². The molecule has 0 amide bonds. The number of fused-ring (bicyclic) bond motifs is 1. The van der Waals surface area contributed by atoms with Crippen LogP contribution >= 0.6 is 0 Å². The van der Waals surface area contributed by atoms with Crippen LogP contribution in [-0.4, -0.2) is 9.38 Å². The third kappa shape index (κ3) is 0.888. The minimum absolute atomic E-state index is 0.237.